The second kappa shape index (κ2) is 6.05. The van der Waals surface area contributed by atoms with Crippen LogP contribution >= 0.6 is 23.8 Å². The average Bonchev–Trinajstić information content (AvgIpc) is 2.88. The summed E-state index contributed by atoms with van der Waals surface area (Å²) in [5.74, 6) is -1.10. The number of carbonyl (C=O) groups excluding carboxylic acids is 3. The van der Waals surface area contributed by atoms with Crippen molar-refractivity contribution in [1.29, 1.82) is 0 Å². The highest BCUT2D eigenvalue weighted by Crippen LogP contribution is 2.33. The van der Waals surface area contributed by atoms with Crippen molar-refractivity contribution in [2.45, 2.75) is 38.8 Å². The number of anilines is 1. The highest BCUT2D eigenvalue weighted by molar-refractivity contribution is 7.80. The Morgan fingerprint density at radius 2 is 2.08 bits per heavy atom. The molecule has 2 N–H and O–H groups in total. The number of thiocarbonyl (C=S) groups is 1. The van der Waals surface area contributed by atoms with Crippen molar-refractivity contribution in [3.63, 3.8) is 0 Å². The van der Waals surface area contributed by atoms with E-state index >= 15 is 0 Å². The van der Waals surface area contributed by atoms with E-state index < -0.39 is 17.5 Å². The molecule has 3 rings (SSSR count). The minimum absolute atomic E-state index is 0.0111. The van der Waals surface area contributed by atoms with Crippen LogP contribution < -0.4 is 10.6 Å². The standard InChI is InChI=1S/C16H17ClN4O3S/c1-8-4-5-9(6-10(8)17)18-13(23)11-7-12(22)20-15(25)19-14(24)16(2,3)21(11)20/h4-6,11H,7H2,1-3H3,(H,18,23)(H,19,24,25). The summed E-state index contributed by atoms with van der Waals surface area (Å²) >= 11 is 11.2. The number of hydrazine groups is 1. The van der Waals surface area contributed by atoms with Gasteiger partial charge >= 0.3 is 0 Å². The summed E-state index contributed by atoms with van der Waals surface area (Å²) in [7, 11) is 0. The summed E-state index contributed by atoms with van der Waals surface area (Å²) in [6.45, 7) is 5.13. The molecule has 2 fully saturated rings. The van der Waals surface area contributed by atoms with Gasteiger partial charge in [-0.1, -0.05) is 17.7 Å². The van der Waals surface area contributed by atoms with Gasteiger partial charge in [-0.15, -0.1) is 0 Å². The number of nitrogens with zero attached hydrogens (tertiary/aromatic N) is 2. The van der Waals surface area contributed by atoms with Crippen molar-refractivity contribution in [2.75, 3.05) is 5.32 Å². The lowest BCUT2D eigenvalue weighted by Crippen LogP contribution is -2.71. The number of halogens is 1. The molecule has 1 unspecified atom stereocenters. The van der Waals surface area contributed by atoms with Gasteiger partial charge in [-0.2, -0.15) is 5.01 Å². The van der Waals surface area contributed by atoms with Gasteiger partial charge in [-0.05, 0) is 50.7 Å². The van der Waals surface area contributed by atoms with Crippen molar-refractivity contribution in [3.8, 4) is 0 Å². The van der Waals surface area contributed by atoms with Crippen molar-refractivity contribution < 1.29 is 14.4 Å². The van der Waals surface area contributed by atoms with E-state index in [1.165, 1.54) is 10.0 Å². The smallest absolute Gasteiger partial charge is 0.248 e. The summed E-state index contributed by atoms with van der Waals surface area (Å²) in [6.07, 6.45) is -0.0655. The SMILES string of the molecule is Cc1ccc(NC(=O)C2CC(=O)N3C(=S)NC(=O)C(C)(C)N23)cc1Cl. The zero-order valence-electron chi connectivity index (χ0n) is 13.9. The average molecular weight is 381 g/mol. The van der Waals surface area contributed by atoms with E-state index in [4.69, 9.17) is 23.8 Å². The number of hydrogen-bond acceptors (Lipinski definition) is 5. The Morgan fingerprint density at radius 1 is 1.40 bits per heavy atom. The van der Waals surface area contributed by atoms with Crippen LogP contribution in [0.4, 0.5) is 5.69 Å². The Kier molecular flexibility index (Phi) is 4.30. The first kappa shape index (κ1) is 17.8. The molecule has 2 aliphatic heterocycles. The molecule has 2 aliphatic rings. The van der Waals surface area contributed by atoms with Crippen LogP contribution in [-0.4, -0.2) is 44.4 Å². The zero-order valence-corrected chi connectivity index (χ0v) is 15.5. The highest BCUT2D eigenvalue weighted by atomic mass is 35.5. The Balaban J connectivity index is 1.89. The summed E-state index contributed by atoms with van der Waals surface area (Å²) in [4.78, 5) is 37.3. The second-order valence-electron chi connectivity index (χ2n) is 6.54. The summed E-state index contributed by atoms with van der Waals surface area (Å²) < 4.78 is 0. The van der Waals surface area contributed by atoms with E-state index in [-0.39, 0.29) is 23.3 Å². The lowest BCUT2D eigenvalue weighted by molar-refractivity contribution is -0.154. The molecule has 0 bridgehead atoms. The minimum Gasteiger partial charge on any atom is -0.325 e. The first-order chi connectivity index (χ1) is 11.6. The second-order valence-corrected chi connectivity index (χ2v) is 7.34. The van der Waals surface area contributed by atoms with Crippen LogP contribution in [0.1, 0.15) is 25.8 Å². The van der Waals surface area contributed by atoms with Crippen molar-refractivity contribution in [3.05, 3.63) is 28.8 Å². The van der Waals surface area contributed by atoms with E-state index in [0.717, 1.165) is 5.56 Å². The largest absolute Gasteiger partial charge is 0.325 e. The van der Waals surface area contributed by atoms with Crippen LogP contribution in [0.2, 0.25) is 5.02 Å². The zero-order chi connectivity index (χ0) is 18.5. The molecule has 2 heterocycles. The number of rotatable bonds is 2. The third-order valence-electron chi connectivity index (χ3n) is 4.40. The maximum atomic E-state index is 12.8. The number of benzene rings is 1. The van der Waals surface area contributed by atoms with Crippen molar-refractivity contribution in [1.82, 2.24) is 15.3 Å². The van der Waals surface area contributed by atoms with Crippen molar-refractivity contribution >= 4 is 52.3 Å². The van der Waals surface area contributed by atoms with E-state index in [2.05, 4.69) is 10.6 Å². The molecule has 1 atom stereocenters. The fraction of sp³-hybridized carbons (Fsp3) is 0.375. The monoisotopic (exact) mass is 380 g/mol. The van der Waals surface area contributed by atoms with Gasteiger partial charge in [0.2, 0.25) is 17.7 Å². The molecule has 0 aliphatic carbocycles. The molecule has 0 spiro atoms. The van der Waals surface area contributed by atoms with E-state index in [9.17, 15) is 14.4 Å². The molecular formula is C16H17ClN4O3S. The number of carbonyl (C=O) groups is 3. The lowest BCUT2D eigenvalue weighted by atomic mass is 10.00. The van der Waals surface area contributed by atoms with Gasteiger partial charge in [0, 0.05) is 10.7 Å². The first-order valence-electron chi connectivity index (χ1n) is 7.67. The number of fused-ring (bicyclic) bond motifs is 1. The summed E-state index contributed by atoms with van der Waals surface area (Å²) in [5.41, 5.74) is 0.316. The fourth-order valence-corrected chi connectivity index (χ4v) is 3.42. The van der Waals surface area contributed by atoms with E-state index in [1.54, 1.807) is 32.0 Å². The lowest BCUT2D eigenvalue weighted by Gasteiger charge is -2.45. The van der Waals surface area contributed by atoms with Crippen LogP contribution in [-0.2, 0) is 14.4 Å². The Morgan fingerprint density at radius 3 is 2.72 bits per heavy atom. The molecule has 25 heavy (non-hydrogen) atoms. The third kappa shape index (κ3) is 2.90. The Hall–Kier alpha value is -2.03. The van der Waals surface area contributed by atoms with E-state index in [0.29, 0.717) is 10.7 Å². The van der Waals surface area contributed by atoms with Crippen LogP contribution in [0.15, 0.2) is 18.2 Å². The molecule has 0 aromatic heterocycles. The maximum Gasteiger partial charge on any atom is 0.248 e. The Labute approximate surface area is 155 Å². The molecule has 7 nitrogen and oxygen atoms in total. The van der Waals surface area contributed by atoms with E-state index in [1.807, 2.05) is 6.92 Å². The molecular weight excluding hydrogens is 364 g/mol. The van der Waals surface area contributed by atoms with Gasteiger partial charge < -0.3 is 5.32 Å². The van der Waals surface area contributed by atoms with Gasteiger partial charge in [0.05, 0.1) is 6.42 Å². The molecule has 1 aromatic rings. The van der Waals surface area contributed by atoms with Crippen LogP contribution in [0.3, 0.4) is 0 Å². The summed E-state index contributed by atoms with van der Waals surface area (Å²) in [5, 5.41) is 8.42. The third-order valence-corrected chi connectivity index (χ3v) is 5.08. The predicted octanol–water partition coefficient (Wildman–Crippen LogP) is 1.60. The quantitative estimate of drug-likeness (QED) is 0.761. The fourth-order valence-electron chi connectivity index (χ4n) is 2.96. The minimum atomic E-state index is -1.10. The molecule has 2 saturated heterocycles. The summed E-state index contributed by atoms with van der Waals surface area (Å²) in [6, 6.07) is 4.32. The molecule has 132 valence electrons. The normalized spacial score (nSPS) is 22.6. The molecule has 1 aromatic carbocycles. The Bertz CT molecular complexity index is 811. The molecule has 3 amide bonds. The van der Waals surface area contributed by atoms with Gasteiger partial charge in [-0.3, -0.25) is 19.7 Å². The number of amides is 3. The van der Waals surface area contributed by atoms with Gasteiger partial charge in [-0.25, -0.2) is 5.01 Å². The first-order valence-corrected chi connectivity index (χ1v) is 8.46. The number of nitrogens with one attached hydrogen (secondary N) is 2. The molecule has 0 radical (unpaired) electrons. The predicted molar refractivity (Wildman–Crippen MR) is 96.7 cm³/mol. The number of aryl methyl sites for hydroxylation is 1. The van der Waals surface area contributed by atoms with Gasteiger partial charge in [0.1, 0.15) is 11.6 Å². The number of hydrogen-bond donors (Lipinski definition) is 2. The molecule has 0 saturated carbocycles. The van der Waals surface area contributed by atoms with Crippen LogP contribution in [0.25, 0.3) is 0 Å². The maximum absolute atomic E-state index is 12.8. The topological polar surface area (TPSA) is 81.8 Å². The highest BCUT2D eigenvalue weighted by Gasteiger charge is 2.56. The van der Waals surface area contributed by atoms with Crippen LogP contribution in [0.5, 0.6) is 0 Å². The van der Waals surface area contributed by atoms with Crippen molar-refractivity contribution in [2.24, 2.45) is 0 Å². The van der Waals surface area contributed by atoms with Gasteiger partial charge in [0.25, 0.3) is 0 Å². The van der Waals surface area contributed by atoms with Gasteiger partial charge in [0.15, 0.2) is 5.11 Å². The van der Waals surface area contributed by atoms with Crippen LogP contribution in [0, 0.1) is 6.92 Å². The molecule has 9 heteroatoms.